The van der Waals surface area contributed by atoms with Crippen LogP contribution in [0.1, 0.15) is 50.1 Å². The van der Waals surface area contributed by atoms with E-state index in [-0.39, 0.29) is 5.92 Å². The summed E-state index contributed by atoms with van der Waals surface area (Å²) >= 11 is 1.81. The molecule has 112 valence electrons. The van der Waals surface area contributed by atoms with E-state index in [0.29, 0.717) is 6.04 Å². The van der Waals surface area contributed by atoms with Crippen LogP contribution in [0.2, 0.25) is 0 Å². The van der Waals surface area contributed by atoms with Gasteiger partial charge in [-0.2, -0.15) is 0 Å². The molecule has 1 saturated heterocycles. The molecule has 1 aromatic rings. The van der Waals surface area contributed by atoms with Gasteiger partial charge >= 0.3 is 5.97 Å². The predicted molar refractivity (Wildman–Crippen MR) is 83.2 cm³/mol. The molecule has 1 N–H and O–H groups in total. The first-order valence-corrected chi connectivity index (χ1v) is 8.23. The minimum atomic E-state index is -0.677. The number of nitrogens with zero attached hydrogens (tertiary/aromatic N) is 1. The molecule has 20 heavy (non-hydrogen) atoms. The number of hydrogen-bond acceptors (Lipinski definition) is 3. The van der Waals surface area contributed by atoms with E-state index in [4.69, 9.17) is 0 Å². The molecule has 2 atom stereocenters. The summed E-state index contributed by atoms with van der Waals surface area (Å²) in [6.07, 6.45) is 2.11. The number of carboxylic acids is 1. The lowest BCUT2D eigenvalue weighted by atomic mass is 9.74. The number of likely N-dealkylation sites (tertiary alicyclic amines) is 1. The third kappa shape index (κ3) is 2.91. The van der Waals surface area contributed by atoms with Gasteiger partial charge in [0.15, 0.2) is 0 Å². The van der Waals surface area contributed by atoms with Crippen molar-refractivity contribution in [2.45, 2.75) is 46.6 Å². The molecule has 0 radical (unpaired) electrons. The van der Waals surface area contributed by atoms with Crippen LogP contribution < -0.4 is 0 Å². The van der Waals surface area contributed by atoms with E-state index in [9.17, 15) is 9.90 Å². The number of hydrogen-bond donors (Lipinski definition) is 1. The summed E-state index contributed by atoms with van der Waals surface area (Å²) in [6.45, 7) is 10.1. The van der Waals surface area contributed by atoms with Crippen molar-refractivity contribution in [2.75, 3.05) is 13.1 Å². The molecule has 4 heteroatoms. The van der Waals surface area contributed by atoms with Crippen LogP contribution in [0.25, 0.3) is 0 Å². The van der Waals surface area contributed by atoms with Gasteiger partial charge in [0.2, 0.25) is 0 Å². The van der Waals surface area contributed by atoms with Crippen LogP contribution in [0.5, 0.6) is 0 Å². The SMILES string of the molecule is Cc1ccsc1C(C)N1CCCC(C(C)(C)C(=O)O)C1. The normalized spacial score (nSPS) is 22.7. The second kappa shape index (κ2) is 5.86. The van der Waals surface area contributed by atoms with Crippen molar-refractivity contribution < 1.29 is 9.90 Å². The fourth-order valence-corrected chi connectivity index (χ4v) is 4.12. The van der Waals surface area contributed by atoms with Gasteiger partial charge in [0, 0.05) is 17.5 Å². The molecule has 2 heterocycles. The Balaban J connectivity index is 2.11. The van der Waals surface area contributed by atoms with Crippen molar-refractivity contribution in [3.63, 3.8) is 0 Å². The highest BCUT2D eigenvalue weighted by molar-refractivity contribution is 7.10. The quantitative estimate of drug-likeness (QED) is 0.914. The summed E-state index contributed by atoms with van der Waals surface area (Å²) in [5, 5.41) is 11.6. The predicted octanol–water partition coefficient (Wildman–Crippen LogP) is 3.94. The highest BCUT2D eigenvalue weighted by Crippen LogP contribution is 2.38. The molecule has 0 saturated carbocycles. The van der Waals surface area contributed by atoms with Crippen LogP contribution in [-0.4, -0.2) is 29.1 Å². The number of aryl methyl sites for hydroxylation is 1. The van der Waals surface area contributed by atoms with Crippen molar-refractivity contribution in [1.29, 1.82) is 0 Å². The fraction of sp³-hybridized carbons (Fsp3) is 0.688. The smallest absolute Gasteiger partial charge is 0.309 e. The average molecular weight is 295 g/mol. The second-order valence-corrected chi connectivity index (χ2v) is 7.45. The summed E-state index contributed by atoms with van der Waals surface area (Å²) in [4.78, 5) is 15.3. The van der Waals surface area contributed by atoms with Gasteiger partial charge < -0.3 is 5.11 Å². The topological polar surface area (TPSA) is 40.5 Å². The van der Waals surface area contributed by atoms with E-state index < -0.39 is 11.4 Å². The van der Waals surface area contributed by atoms with Crippen molar-refractivity contribution in [1.82, 2.24) is 4.90 Å². The molecule has 0 bridgehead atoms. The first kappa shape index (κ1) is 15.5. The monoisotopic (exact) mass is 295 g/mol. The van der Waals surface area contributed by atoms with E-state index in [1.54, 1.807) is 0 Å². The van der Waals surface area contributed by atoms with Gasteiger partial charge in [-0.05, 0) is 70.0 Å². The van der Waals surface area contributed by atoms with Crippen LogP contribution in [-0.2, 0) is 4.79 Å². The Bertz CT molecular complexity index is 481. The van der Waals surface area contributed by atoms with E-state index in [2.05, 4.69) is 30.2 Å². The van der Waals surface area contributed by atoms with E-state index in [0.717, 1.165) is 25.9 Å². The Morgan fingerprint density at radius 1 is 1.55 bits per heavy atom. The zero-order chi connectivity index (χ0) is 14.9. The fourth-order valence-electron chi connectivity index (χ4n) is 3.10. The van der Waals surface area contributed by atoms with Crippen LogP contribution in [0.4, 0.5) is 0 Å². The van der Waals surface area contributed by atoms with Crippen LogP contribution in [0, 0.1) is 18.3 Å². The Morgan fingerprint density at radius 2 is 2.25 bits per heavy atom. The number of carboxylic acid groups (broad SMARTS) is 1. The van der Waals surface area contributed by atoms with Gasteiger partial charge in [0.05, 0.1) is 5.41 Å². The van der Waals surface area contributed by atoms with Crippen molar-refractivity contribution in [2.24, 2.45) is 11.3 Å². The van der Waals surface area contributed by atoms with Gasteiger partial charge in [-0.15, -0.1) is 11.3 Å². The molecule has 1 aromatic heterocycles. The van der Waals surface area contributed by atoms with Gasteiger partial charge in [0.25, 0.3) is 0 Å². The van der Waals surface area contributed by atoms with Crippen molar-refractivity contribution >= 4 is 17.3 Å². The van der Waals surface area contributed by atoms with Gasteiger partial charge in [-0.3, -0.25) is 9.69 Å². The van der Waals surface area contributed by atoms with Crippen LogP contribution in [0.3, 0.4) is 0 Å². The highest BCUT2D eigenvalue weighted by Gasteiger charge is 2.40. The number of rotatable bonds is 4. The third-order valence-electron chi connectivity index (χ3n) is 4.85. The summed E-state index contributed by atoms with van der Waals surface area (Å²) in [5.41, 5.74) is 0.713. The van der Waals surface area contributed by atoms with E-state index >= 15 is 0 Å². The first-order chi connectivity index (χ1) is 9.34. The van der Waals surface area contributed by atoms with E-state index in [1.807, 2.05) is 25.2 Å². The summed E-state index contributed by atoms with van der Waals surface area (Å²) in [6, 6.07) is 2.56. The second-order valence-electron chi connectivity index (χ2n) is 6.50. The maximum atomic E-state index is 11.5. The molecular weight excluding hydrogens is 270 g/mol. The number of carbonyl (C=O) groups is 1. The molecule has 0 aromatic carbocycles. The Kier molecular flexibility index (Phi) is 4.55. The number of piperidine rings is 1. The molecule has 0 aliphatic carbocycles. The first-order valence-electron chi connectivity index (χ1n) is 7.35. The molecule has 1 aliphatic rings. The molecule has 1 aliphatic heterocycles. The van der Waals surface area contributed by atoms with Crippen molar-refractivity contribution in [3.05, 3.63) is 21.9 Å². The maximum absolute atomic E-state index is 11.5. The Labute approximate surface area is 125 Å². The molecular formula is C16H25NO2S. The minimum absolute atomic E-state index is 0.233. The lowest BCUT2D eigenvalue weighted by molar-refractivity contribution is -0.151. The Morgan fingerprint density at radius 3 is 2.80 bits per heavy atom. The van der Waals surface area contributed by atoms with E-state index in [1.165, 1.54) is 10.4 Å². The zero-order valence-corrected chi connectivity index (χ0v) is 13.7. The lowest BCUT2D eigenvalue weighted by Gasteiger charge is -2.41. The maximum Gasteiger partial charge on any atom is 0.309 e. The largest absolute Gasteiger partial charge is 0.481 e. The standard InChI is InChI=1S/C16H25NO2S/c1-11-7-9-20-14(11)12(2)17-8-5-6-13(10-17)16(3,4)15(18)19/h7,9,12-13H,5-6,8,10H2,1-4H3,(H,18,19). The van der Waals surface area contributed by atoms with Gasteiger partial charge in [-0.25, -0.2) is 0 Å². The lowest BCUT2D eigenvalue weighted by Crippen LogP contribution is -2.45. The zero-order valence-electron chi connectivity index (χ0n) is 12.8. The summed E-state index contributed by atoms with van der Waals surface area (Å²) in [5.74, 6) is -0.444. The van der Waals surface area contributed by atoms with Crippen LogP contribution >= 0.6 is 11.3 Å². The van der Waals surface area contributed by atoms with Gasteiger partial charge in [0.1, 0.15) is 0 Å². The Hall–Kier alpha value is -0.870. The molecule has 2 unspecified atom stereocenters. The molecule has 3 nitrogen and oxygen atoms in total. The number of thiophene rings is 1. The summed E-state index contributed by atoms with van der Waals surface area (Å²) in [7, 11) is 0. The van der Waals surface area contributed by atoms with Crippen LogP contribution in [0.15, 0.2) is 11.4 Å². The minimum Gasteiger partial charge on any atom is -0.481 e. The van der Waals surface area contributed by atoms with Crippen molar-refractivity contribution in [3.8, 4) is 0 Å². The molecule has 2 rings (SSSR count). The van der Waals surface area contributed by atoms with Gasteiger partial charge in [-0.1, -0.05) is 0 Å². The number of aliphatic carboxylic acids is 1. The molecule has 0 spiro atoms. The summed E-state index contributed by atoms with van der Waals surface area (Å²) < 4.78 is 0. The molecule has 0 amide bonds. The molecule has 1 fully saturated rings. The average Bonchev–Trinajstić information content (AvgIpc) is 2.84. The third-order valence-corrected chi connectivity index (χ3v) is 6.04. The highest BCUT2D eigenvalue weighted by atomic mass is 32.1.